The van der Waals surface area contributed by atoms with E-state index in [1.807, 2.05) is 34.7 Å². The molecule has 1 aliphatic carbocycles. The van der Waals surface area contributed by atoms with E-state index in [1.54, 1.807) is 0 Å². The monoisotopic (exact) mass is 486 g/mol. The van der Waals surface area contributed by atoms with Crippen LogP contribution in [0, 0.1) is 20.8 Å². The highest BCUT2D eigenvalue weighted by Crippen LogP contribution is 2.46. The fourth-order valence-corrected chi connectivity index (χ4v) is 5.48. The van der Waals surface area contributed by atoms with Crippen molar-refractivity contribution in [1.82, 2.24) is 9.55 Å². The summed E-state index contributed by atoms with van der Waals surface area (Å²) < 4.78 is 19.6. The summed E-state index contributed by atoms with van der Waals surface area (Å²) in [6, 6.07) is 0. The van der Waals surface area contributed by atoms with Crippen molar-refractivity contribution in [3.63, 3.8) is 0 Å². The van der Waals surface area contributed by atoms with E-state index < -0.39 is 17.7 Å². The first-order valence-electron chi connectivity index (χ1n) is 11.9. The first-order valence-corrected chi connectivity index (χ1v) is 12.3. The van der Waals surface area contributed by atoms with E-state index >= 15 is 0 Å². The van der Waals surface area contributed by atoms with Crippen LogP contribution in [-0.2, 0) is 26.1 Å². The second-order valence-electron chi connectivity index (χ2n) is 10.2. The van der Waals surface area contributed by atoms with Crippen LogP contribution in [0.15, 0.2) is 16.7 Å². The molecule has 0 radical (unpaired) electrons. The third-order valence-corrected chi connectivity index (χ3v) is 7.36. The topological polar surface area (TPSA) is 62.6 Å². The van der Waals surface area contributed by atoms with Crippen LogP contribution in [0.3, 0.4) is 0 Å². The zero-order chi connectivity index (χ0) is 24.9. The minimum absolute atomic E-state index is 0.0210. The highest BCUT2D eigenvalue weighted by molar-refractivity contribution is 6.38. The summed E-state index contributed by atoms with van der Waals surface area (Å²) in [4.78, 5) is 18.1. The number of pyridine rings is 1. The van der Waals surface area contributed by atoms with Crippen LogP contribution in [0.1, 0.15) is 74.2 Å². The fraction of sp³-hybridized carbons (Fsp3) is 0.556. The summed E-state index contributed by atoms with van der Waals surface area (Å²) in [6.45, 7) is 12.7. The quantitative estimate of drug-likeness (QED) is 0.497. The number of esters is 1. The van der Waals surface area contributed by atoms with Gasteiger partial charge in [-0.15, -0.1) is 0 Å². The molecule has 2 aromatic rings. The largest absolute Gasteiger partial charge is 0.467 e. The number of methoxy groups -OCH3 is 1. The smallest absolute Gasteiger partial charge is 0.339 e. The summed E-state index contributed by atoms with van der Waals surface area (Å²) in [5, 5.41) is 1.71. The Morgan fingerprint density at radius 3 is 2.65 bits per heavy atom. The number of aryl methyl sites for hydroxylation is 3. The number of hydrogen-bond acceptors (Lipinski definition) is 5. The highest BCUT2D eigenvalue weighted by atomic mass is 35.5. The van der Waals surface area contributed by atoms with Gasteiger partial charge in [0.25, 0.3) is 0 Å². The average Bonchev–Trinajstić information content (AvgIpc) is 3.00. The molecule has 0 saturated carbocycles. The maximum Gasteiger partial charge on any atom is 0.339 e. The summed E-state index contributed by atoms with van der Waals surface area (Å²) in [5.41, 5.74) is 6.91. The maximum atomic E-state index is 13.1. The van der Waals surface area contributed by atoms with Gasteiger partial charge in [0, 0.05) is 46.6 Å². The van der Waals surface area contributed by atoms with Crippen LogP contribution in [0.25, 0.3) is 16.6 Å². The van der Waals surface area contributed by atoms with Crippen LogP contribution < -0.4 is 0 Å². The van der Waals surface area contributed by atoms with Crippen LogP contribution in [0.4, 0.5) is 0 Å². The molecule has 0 N–H and O–H groups in total. The van der Waals surface area contributed by atoms with Crippen molar-refractivity contribution in [2.24, 2.45) is 7.05 Å². The minimum atomic E-state index is -0.937. The summed E-state index contributed by atoms with van der Waals surface area (Å²) in [7, 11) is 3.41. The molecule has 6 nitrogen and oxygen atoms in total. The number of ether oxygens (including phenoxy) is 3. The van der Waals surface area contributed by atoms with Crippen molar-refractivity contribution in [2.45, 2.75) is 78.6 Å². The Balaban J connectivity index is 2.08. The Hall–Kier alpha value is -2.15. The first kappa shape index (κ1) is 25.0. The molecular weight excluding hydrogens is 452 g/mol. The van der Waals surface area contributed by atoms with Gasteiger partial charge in [-0.25, -0.2) is 9.78 Å². The number of aromatic nitrogens is 2. The summed E-state index contributed by atoms with van der Waals surface area (Å²) in [6.07, 6.45) is 3.84. The van der Waals surface area contributed by atoms with Crippen LogP contribution in [0.2, 0.25) is 0 Å². The number of carbonyl (C=O) groups is 1. The minimum Gasteiger partial charge on any atom is -0.467 e. The lowest BCUT2D eigenvalue weighted by atomic mass is 9.84. The molecule has 184 valence electrons. The highest BCUT2D eigenvalue weighted by Gasteiger charge is 2.37. The molecule has 0 aromatic carbocycles. The number of rotatable bonds is 4. The third kappa shape index (κ3) is 4.21. The number of halogens is 1. The van der Waals surface area contributed by atoms with E-state index in [4.69, 9.17) is 30.8 Å². The van der Waals surface area contributed by atoms with Gasteiger partial charge in [-0.2, -0.15) is 0 Å². The molecule has 0 bridgehead atoms. The van der Waals surface area contributed by atoms with Crippen molar-refractivity contribution < 1.29 is 19.0 Å². The molecule has 7 heteroatoms. The Bertz CT molecular complexity index is 1220. The van der Waals surface area contributed by atoms with E-state index in [1.165, 1.54) is 7.11 Å². The van der Waals surface area contributed by atoms with Gasteiger partial charge in [0.05, 0.1) is 18.8 Å². The molecule has 1 aliphatic heterocycles. The third-order valence-electron chi connectivity index (χ3n) is 6.92. The molecule has 2 aromatic heterocycles. The second kappa shape index (κ2) is 9.14. The average molecular weight is 487 g/mol. The van der Waals surface area contributed by atoms with Crippen molar-refractivity contribution in [3.05, 3.63) is 44.8 Å². The standard InChI is InChI=1S/C27H35ClN2O4/c1-14-16(3)30(7)25-20(14)22(18-11-12-19-17(23(18)28)10-9-13-33-19)21(15(2)29-25)24(26(31)32-8)34-27(4,5)6/h11,19,24H,9-10,12-13H2,1-8H3/t19?,24-/m0/s1. The molecular formula is C27H35ClN2O4. The Morgan fingerprint density at radius 1 is 1.29 bits per heavy atom. The molecule has 2 atom stereocenters. The number of carbonyl (C=O) groups excluding carboxylic acids is 1. The SMILES string of the molecule is COC(=O)[C@@H](OC(C)(C)C)c1c(C)nc2c(c(C)c(C)n2C)c1C1=CCC2OCCCC2=C1Cl. The van der Waals surface area contributed by atoms with Gasteiger partial charge in [-0.3, -0.25) is 0 Å². The Morgan fingerprint density at radius 2 is 2.00 bits per heavy atom. The van der Waals surface area contributed by atoms with Crippen molar-refractivity contribution in [1.29, 1.82) is 0 Å². The van der Waals surface area contributed by atoms with Crippen molar-refractivity contribution >= 4 is 34.2 Å². The zero-order valence-electron chi connectivity index (χ0n) is 21.5. The van der Waals surface area contributed by atoms with Crippen LogP contribution in [0.5, 0.6) is 0 Å². The lowest BCUT2D eigenvalue weighted by Crippen LogP contribution is -2.30. The van der Waals surface area contributed by atoms with Gasteiger partial charge < -0.3 is 18.8 Å². The van der Waals surface area contributed by atoms with Gasteiger partial charge >= 0.3 is 5.97 Å². The van der Waals surface area contributed by atoms with E-state index in [2.05, 4.69) is 24.5 Å². The molecule has 2 aliphatic rings. The maximum absolute atomic E-state index is 13.1. The van der Waals surface area contributed by atoms with Crippen LogP contribution in [-0.4, -0.2) is 40.9 Å². The van der Waals surface area contributed by atoms with Crippen molar-refractivity contribution in [2.75, 3.05) is 13.7 Å². The predicted molar refractivity (Wildman–Crippen MR) is 135 cm³/mol. The first-order chi connectivity index (χ1) is 16.0. The van der Waals surface area contributed by atoms with Gasteiger partial charge in [0.2, 0.25) is 0 Å². The van der Waals surface area contributed by atoms with E-state index in [-0.39, 0.29) is 6.10 Å². The van der Waals surface area contributed by atoms with Gasteiger partial charge in [0.1, 0.15) is 5.65 Å². The zero-order valence-corrected chi connectivity index (χ0v) is 22.2. The molecule has 34 heavy (non-hydrogen) atoms. The number of fused-ring (bicyclic) bond motifs is 2. The Labute approximate surface area is 206 Å². The predicted octanol–water partition coefficient (Wildman–Crippen LogP) is 5.99. The second-order valence-corrected chi connectivity index (χ2v) is 10.6. The van der Waals surface area contributed by atoms with Crippen LogP contribution >= 0.6 is 11.6 Å². The number of allylic oxidation sites excluding steroid dienone is 2. The number of hydrogen-bond donors (Lipinski definition) is 0. The lowest BCUT2D eigenvalue weighted by Gasteiger charge is -2.33. The molecule has 4 rings (SSSR count). The van der Waals surface area contributed by atoms with Gasteiger partial charge in [-0.05, 0) is 77.5 Å². The van der Waals surface area contributed by atoms with E-state index in [0.717, 1.165) is 70.6 Å². The molecule has 0 amide bonds. The molecule has 0 spiro atoms. The molecule has 3 heterocycles. The molecule has 1 fully saturated rings. The van der Waals surface area contributed by atoms with E-state index in [9.17, 15) is 4.79 Å². The van der Waals surface area contributed by atoms with Gasteiger partial charge in [-0.1, -0.05) is 17.7 Å². The van der Waals surface area contributed by atoms with E-state index in [0.29, 0.717) is 10.6 Å². The summed E-state index contributed by atoms with van der Waals surface area (Å²) >= 11 is 7.11. The number of nitrogens with zero attached hydrogens (tertiary/aromatic N) is 2. The Kier molecular flexibility index (Phi) is 6.71. The fourth-order valence-electron chi connectivity index (χ4n) is 5.09. The normalized spacial score (nSPS) is 19.8. The molecule has 1 saturated heterocycles. The van der Waals surface area contributed by atoms with Gasteiger partial charge in [0.15, 0.2) is 6.10 Å². The lowest BCUT2D eigenvalue weighted by molar-refractivity contribution is -0.164. The molecule has 1 unspecified atom stereocenters. The summed E-state index contributed by atoms with van der Waals surface area (Å²) in [5.74, 6) is -0.454. The van der Waals surface area contributed by atoms with Crippen molar-refractivity contribution in [3.8, 4) is 0 Å².